The fourth-order valence-corrected chi connectivity index (χ4v) is 2.07. The second-order valence-corrected chi connectivity index (χ2v) is 5.78. The number of thiocarbonyl (C=S) groups is 1. The monoisotopic (exact) mass is 319 g/mol. The van der Waals surface area contributed by atoms with Crippen LogP contribution < -0.4 is 5.32 Å². The molecule has 0 atom stereocenters. The van der Waals surface area contributed by atoms with Crippen LogP contribution in [0.25, 0.3) is 0 Å². The van der Waals surface area contributed by atoms with Crippen LogP contribution in [-0.4, -0.2) is 49.1 Å². The zero-order chi connectivity index (χ0) is 14.4. The number of rotatable bonds is 5. The van der Waals surface area contributed by atoms with Crippen LogP contribution in [0.2, 0.25) is 10.0 Å². The largest absolute Gasteiger partial charge is 0.361 e. The minimum atomic E-state index is 0.569. The van der Waals surface area contributed by atoms with Crippen LogP contribution in [0.5, 0.6) is 0 Å². The second-order valence-electron chi connectivity index (χ2n) is 4.60. The molecule has 0 spiro atoms. The molecule has 0 amide bonds. The average molecular weight is 320 g/mol. The van der Waals surface area contributed by atoms with E-state index in [0.29, 0.717) is 21.7 Å². The fraction of sp³-hybridized carbons (Fsp3) is 0.462. The summed E-state index contributed by atoms with van der Waals surface area (Å²) in [7, 11) is 5.99. The van der Waals surface area contributed by atoms with Crippen LogP contribution in [0.3, 0.4) is 0 Å². The molecule has 0 radical (unpaired) electrons. The van der Waals surface area contributed by atoms with Crippen LogP contribution in [0.15, 0.2) is 18.2 Å². The summed E-state index contributed by atoms with van der Waals surface area (Å²) in [5.74, 6) is 0. The van der Waals surface area contributed by atoms with Gasteiger partial charge in [0.1, 0.15) is 0 Å². The quantitative estimate of drug-likeness (QED) is 0.841. The molecule has 0 fully saturated rings. The Morgan fingerprint density at radius 1 is 1.26 bits per heavy atom. The van der Waals surface area contributed by atoms with Gasteiger partial charge >= 0.3 is 0 Å². The summed E-state index contributed by atoms with van der Waals surface area (Å²) in [4.78, 5) is 4.05. The molecule has 1 aromatic rings. The molecule has 0 aliphatic heterocycles. The van der Waals surface area contributed by atoms with Crippen LogP contribution in [0.1, 0.15) is 5.56 Å². The third-order valence-electron chi connectivity index (χ3n) is 2.62. The van der Waals surface area contributed by atoms with Gasteiger partial charge in [0.05, 0.1) is 10.0 Å². The number of likely N-dealkylation sites (N-methyl/N-ethyl adjacent to an activating group) is 1. The van der Waals surface area contributed by atoms with Crippen molar-refractivity contribution in [1.29, 1.82) is 0 Å². The molecule has 0 saturated heterocycles. The highest BCUT2D eigenvalue weighted by Gasteiger charge is 2.09. The van der Waals surface area contributed by atoms with Crippen LogP contribution in [0.4, 0.5) is 0 Å². The third kappa shape index (κ3) is 5.53. The van der Waals surface area contributed by atoms with Crippen molar-refractivity contribution in [3.05, 3.63) is 33.8 Å². The Morgan fingerprint density at radius 3 is 2.58 bits per heavy atom. The maximum atomic E-state index is 6.16. The molecule has 106 valence electrons. The minimum absolute atomic E-state index is 0.569. The molecule has 19 heavy (non-hydrogen) atoms. The van der Waals surface area contributed by atoms with Gasteiger partial charge in [-0.15, -0.1) is 0 Å². The summed E-state index contributed by atoms with van der Waals surface area (Å²) >= 11 is 17.5. The predicted octanol–water partition coefficient (Wildman–Crippen LogP) is 2.86. The van der Waals surface area contributed by atoms with Gasteiger partial charge in [-0.05, 0) is 37.9 Å². The molecule has 0 aromatic heterocycles. The lowest BCUT2D eigenvalue weighted by Gasteiger charge is -2.22. The van der Waals surface area contributed by atoms with Gasteiger partial charge in [0.15, 0.2) is 5.11 Å². The lowest BCUT2D eigenvalue weighted by Crippen LogP contribution is -2.39. The van der Waals surface area contributed by atoms with E-state index in [1.807, 2.05) is 38.2 Å². The van der Waals surface area contributed by atoms with Gasteiger partial charge in [-0.2, -0.15) is 0 Å². The van der Waals surface area contributed by atoms with E-state index >= 15 is 0 Å². The van der Waals surface area contributed by atoms with Crippen molar-refractivity contribution < 1.29 is 0 Å². The van der Waals surface area contributed by atoms with E-state index in [-0.39, 0.29) is 0 Å². The normalized spacial score (nSPS) is 10.6. The summed E-state index contributed by atoms with van der Waals surface area (Å²) in [6.45, 7) is 2.39. The van der Waals surface area contributed by atoms with E-state index in [1.54, 1.807) is 6.07 Å². The van der Waals surface area contributed by atoms with E-state index in [9.17, 15) is 0 Å². The highest BCUT2D eigenvalue weighted by Crippen LogP contribution is 2.26. The SMILES string of the molecule is CN(C)CCNC(=S)N(C)Cc1cccc(Cl)c1Cl. The van der Waals surface area contributed by atoms with Gasteiger partial charge in [-0.3, -0.25) is 0 Å². The van der Waals surface area contributed by atoms with Crippen LogP contribution in [-0.2, 0) is 6.54 Å². The van der Waals surface area contributed by atoms with Gasteiger partial charge in [0.25, 0.3) is 0 Å². The van der Waals surface area contributed by atoms with Crippen LogP contribution >= 0.6 is 35.4 Å². The Labute approximate surface area is 130 Å². The molecule has 0 heterocycles. The highest BCUT2D eigenvalue weighted by molar-refractivity contribution is 7.80. The smallest absolute Gasteiger partial charge is 0.169 e. The van der Waals surface area contributed by atoms with Gasteiger partial charge < -0.3 is 15.1 Å². The first kappa shape index (κ1) is 16.5. The number of benzene rings is 1. The van der Waals surface area contributed by atoms with E-state index in [0.717, 1.165) is 18.7 Å². The molecular formula is C13H19Cl2N3S. The zero-order valence-electron chi connectivity index (χ0n) is 11.4. The number of hydrogen-bond donors (Lipinski definition) is 1. The summed E-state index contributed by atoms with van der Waals surface area (Å²) in [5, 5.41) is 5.07. The Kier molecular flexibility index (Phi) is 6.86. The molecule has 0 saturated carbocycles. The maximum absolute atomic E-state index is 6.16. The first-order valence-corrected chi connectivity index (χ1v) is 7.15. The third-order valence-corrected chi connectivity index (χ3v) is 3.94. The summed E-state index contributed by atoms with van der Waals surface area (Å²) in [5.41, 5.74) is 0.966. The van der Waals surface area contributed by atoms with Gasteiger partial charge in [0.2, 0.25) is 0 Å². The predicted molar refractivity (Wildman–Crippen MR) is 87.1 cm³/mol. The first-order chi connectivity index (χ1) is 8.91. The molecule has 0 aliphatic carbocycles. The summed E-state index contributed by atoms with van der Waals surface area (Å²) < 4.78 is 0. The van der Waals surface area contributed by atoms with E-state index in [1.165, 1.54) is 0 Å². The molecule has 0 bridgehead atoms. The number of nitrogens with zero attached hydrogens (tertiary/aromatic N) is 2. The standard InChI is InChI=1S/C13H19Cl2N3S/c1-17(2)8-7-16-13(19)18(3)9-10-5-4-6-11(14)12(10)15/h4-6H,7-9H2,1-3H3,(H,16,19). The number of hydrogen-bond acceptors (Lipinski definition) is 2. The lowest BCUT2D eigenvalue weighted by atomic mass is 10.2. The Balaban J connectivity index is 2.52. The van der Waals surface area contributed by atoms with E-state index < -0.39 is 0 Å². The van der Waals surface area contributed by atoms with Crippen molar-refractivity contribution in [2.75, 3.05) is 34.2 Å². The number of nitrogens with one attached hydrogen (secondary N) is 1. The van der Waals surface area contributed by atoms with Crippen molar-refractivity contribution in [3.63, 3.8) is 0 Å². The van der Waals surface area contributed by atoms with Crippen LogP contribution in [0, 0.1) is 0 Å². The molecule has 3 nitrogen and oxygen atoms in total. The van der Waals surface area contributed by atoms with Crippen molar-refractivity contribution in [2.24, 2.45) is 0 Å². The highest BCUT2D eigenvalue weighted by atomic mass is 35.5. The Hall–Kier alpha value is -0.550. The van der Waals surface area contributed by atoms with E-state index in [4.69, 9.17) is 35.4 Å². The van der Waals surface area contributed by atoms with Gasteiger partial charge in [-0.1, -0.05) is 35.3 Å². The first-order valence-electron chi connectivity index (χ1n) is 5.98. The second kappa shape index (κ2) is 7.90. The molecular weight excluding hydrogens is 301 g/mol. The summed E-state index contributed by atoms with van der Waals surface area (Å²) in [6, 6.07) is 5.62. The topological polar surface area (TPSA) is 18.5 Å². The van der Waals surface area contributed by atoms with Crippen molar-refractivity contribution in [1.82, 2.24) is 15.1 Å². The lowest BCUT2D eigenvalue weighted by molar-refractivity contribution is 0.406. The maximum Gasteiger partial charge on any atom is 0.169 e. The fourth-order valence-electron chi connectivity index (χ4n) is 1.52. The molecule has 1 N–H and O–H groups in total. The number of halogens is 2. The van der Waals surface area contributed by atoms with E-state index in [2.05, 4.69) is 10.2 Å². The Bertz CT molecular complexity index is 438. The molecule has 1 aromatic carbocycles. The van der Waals surface area contributed by atoms with Crippen molar-refractivity contribution >= 4 is 40.5 Å². The molecule has 0 aliphatic rings. The minimum Gasteiger partial charge on any atom is -0.361 e. The van der Waals surface area contributed by atoms with Gasteiger partial charge in [0, 0.05) is 26.7 Å². The van der Waals surface area contributed by atoms with Gasteiger partial charge in [-0.25, -0.2) is 0 Å². The molecule has 1 rings (SSSR count). The molecule has 0 unspecified atom stereocenters. The van der Waals surface area contributed by atoms with Crippen molar-refractivity contribution in [3.8, 4) is 0 Å². The van der Waals surface area contributed by atoms with Crippen molar-refractivity contribution in [2.45, 2.75) is 6.54 Å². The zero-order valence-corrected chi connectivity index (χ0v) is 13.7. The molecule has 6 heteroatoms. The summed E-state index contributed by atoms with van der Waals surface area (Å²) in [6.07, 6.45) is 0. The Morgan fingerprint density at radius 2 is 1.95 bits per heavy atom. The average Bonchev–Trinajstić information content (AvgIpc) is 2.34.